The minimum absolute atomic E-state index is 0.0393. The van der Waals surface area contributed by atoms with Crippen molar-refractivity contribution in [1.29, 1.82) is 0 Å². The van der Waals surface area contributed by atoms with Gasteiger partial charge in [-0.05, 0) is 48.5 Å². The van der Waals surface area contributed by atoms with Crippen LogP contribution in [0, 0.1) is 0 Å². The minimum atomic E-state index is -3.86. The Morgan fingerprint density at radius 1 is 0.862 bits per heavy atom. The zero-order chi connectivity index (χ0) is 20.7. The molecule has 0 saturated carbocycles. The molecule has 0 aliphatic carbocycles. The molecule has 0 saturated heterocycles. The maximum absolute atomic E-state index is 12.7. The summed E-state index contributed by atoms with van der Waals surface area (Å²) in [6, 6.07) is 21.5. The predicted molar refractivity (Wildman–Crippen MR) is 108 cm³/mol. The van der Waals surface area contributed by atoms with Gasteiger partial charge in [-0.25, -0.2) is 13.2 Å². The minimum Gasteiger partial charge on any atom is -0.482 e. The average molecular weight is 413 g/mol. The maximum atomic E-state index is 12.7. The molecule has 8 heteroatoms. The second kappa shape index (κ2) is 9.11. The number of para-hydroxylation sites is 3. The van der Waals surface area contributed by atoms with Gasteiger partial charge in [0.05, 0.1) is 17.7 Å². The van der Waals surface area contributed by atoms with Crippen molar-refractivity contribution in [1.82, 2.24) is 0 Å². The molecule has 3 aromatic carbocycles. The van der Waals surface area contributed by atoms with Gasteiger partial charge in [0.1, 0.15) is 11.5 Å². The fourth-order valence-corrected chi connectivity index (χ4v) is 3.45. The number of esters is 1. The van der Waals surface area contributed by atoms with Crippen LogP contribution in [-0.4, -0.2) is 28.1 Å². The van der Waals surface area contributed by atoms with Gasteiger partial charge in [-0.15, -0.1) is 0 Å². The molecule has 0 spiro atoms. The molecular formula is C21H19NO6S. The predicted octanol–water partition coefficient (Wildman–Crippen LogP) is 3.83. The van der Waals surface area contributed by atoms with Crippen LogP contribution < -0.4 is 14.2 Å². The van der Waals surface area contributed by atoms with Gasteiger partial charge in [-0.2, -0.15) is 0 Å². The van der Waals surface area contributed by atoms with E-state index in [-0.39, 0.29) is 11.5 Å². The molecule has 29 heavy (non-hydrogen) atoms. The van der Waals surface area contributed by atoms with Crippen molar-refractivity contribution in [3.05, 3.63) is 78.9 Å². The monoisotopic (exact) mass is 413 g/mol. The SMILES string of the molecule is COC(=O)COc1ccc(S(=O)(=O)Nc2ccccc2Oc2ccccc2)cc1. The number of carbonyl (C=O) groups excluding carboxylic acids is 1. The van der Waals surface area contributed by atoms with Crippen LogP contribution in [0.4, 0.5) is 5.69 Å². The van der Waals surface area contributed by atoms with Gasteiger partial charge in [0, 0.05) is 0 Å². The molecule has 0 fully saturated rings. The number of nitrogens with one attached hydrogen (secondary N) is 1. The summed E-state index contributed by atoms with van der Waals surface area (Å²) in [5, 5.41) is 0. The highest BCUT2D eigenvalue weighted by molar-refractivity contribution is 7.92. The molecule has 0 heterocycles. The molecule has 0 aliphatic heterocycles. The van der Waals surface area contributed by atoms with Gasteiger partial charge >= 0.3 is 5.97 Å². The molecule has 1 N–H and O–H groups in total. The zero-order valence-corrected chi connectivity index (χ0v) is 16.4. The number of carbonyl (C=O) groups is 1. The second-order valence-corrected chi connectivity index (χ2v) is 7.54. The zero-order valence-electron chi connectivity index (χ0n) is 15.6. The Kier molecular flexibility index (Phi) is 6.36. The summed E-state index contributed by atoms with van der Waals surface area (Å²) in [6.07, 6.45) is 0. The molecule has 0 bridgehead atoms. The molecule has 3 aromatic rings. The standard InChI is InChI=1S/C21H19NO6S/c1-26-21(23)15-27-16-11-13-18(14-12-16)29(24,25)22-19-9-5-6-10-20(19)28-17-7-3-2-4-8-17/h2-14,22H,15H2,1H3. The second-order valence-electron chi connectivity index (χ2n) is 5.85. The first-order chi connectivity index (χ1) is 14.0. The van der Waals surface area contributed by atoms with E-state index in [1.165, 1.54) is 31.4 Å². The fourth-order valence-electron chi connectivity index (χ4n) is 2.38. The van der Waals surface area contributed by atoms with E-state index in [1.54, 1.807) is 36.4 Å². The summed E-state index contributed by atoms with van der Waals surface area (Å²) in [4.78, 5) is 11.2. The lowest BCUT2D eigenvalue weighted by atomic mass is 10.3. The summed E-state index contributed by atoms with van der Waals surface area (Å²) in [6.45, 7) is -0.259. The fraction of sp³-hybridized carbons (Fsp3) is 0.0952. The Balaban J connectivity index is 1.75. The molecule has 0 aliphatic rings. The highest BCUT2D eigenvalue weighted by atomic mass is 32.2. The van der Waals surface area contributed by atoms with E-state index < -0.39 is 16.0 Å². The molecule has 3 rings (SSSR count). The number of rotatable bonds is 8. The van der Waals surface area contributed by atoms with Crippen LogP contribution in [0.5, 0.6) is 17.2 Å². The van der Waals surface area contributed by atoms with Crippen molar-refractivity contribution >= 4 is 21.7 Å². The third kappa shape index (κ3) is 5.49. The number of sulfonamides is 1. The lowest BCUT2D eigenvalue weighted by Gasteiger charge is -2.13. The van der Waals surface area contributed by atoms with Crippen LogP contribution in [0.3, 0.4) is 0 Å². The van der Waals surface area contributed by atoms with Gasteiger partial charge in [-0.1, -0.05) is 30.3 Å². The Hall–Kier alpha value is -3.52. The Morgan fingerprint density at radius 2 is 1.52 bits per heavy atom. The van der Waals surface area contributed by atoms with Gasteiger partial charge in [0.2, 0.25) is 0 Å². The molecule has 7 nitrogen and oxygen atoms in total. The Labute approximate surface area is 168 Å². The topological polar surface area (TPSA) is 90.9 Å². The summed E-state index contributed by atoms with van der Waals surface area (Å²) >= 11 is 0. The van der Waals surface area contributed by atoms with Crippen LogP contribution in [0.1, 0.15) is 0 Å². The van der Waals surface area contributed by atoms with Crippen LogP contribution in [-0.2, 0) is 19.6 Å². The van der Waals surface area contributed by atoms with Crippen molar-refractivity contribution < 1.29 is 27.4 Å². The molecule has 0 aromatic heterocycles. The molecule has 0 unspecified atom stereocenters. The van der Waals surface area contributed by atoms with Gasteiger partial charge < -0.3 is 14.2 Å². The van der Waals surface area contributed by atoms with E-state index in [2.05, 4.69) is 9.46 Å². The number of anilines is 1. The quantitative estimate of drug-likeness (QED) is 0.565. The van der Waals surface area contributed by atoms with Crippen LogP contribution in [0.2, 0.25) is 0 Å². The smallest absolute Gasteiger partial charge is 0.343 e. The first kappa shape index (κ1) is 20.2. The molecule has 150 valence electrons. The summed E-state index contributed by atoms with van der Waals surface area (Å²) in [5.41, 5.74) is 0.308. The van der Waals surface area contributed by atoms with E-state index in [1.807, 2.05) is 18.2 Å². The summed E-state index contributed by atoms with van der Waals surface area (Å²) in [5.74, 6) is 0.784. The van der Waals surface area contributed by atoms with Crippen molar-refractivity contribution in [3.63, 3.8) is 0 Å². The van der Waals surface area contributed by atoms with Crippen LogP contribution in [0.25, 0.3) is 0 Å². The normalized spacial score (nSPS) is 10.8. The molecule has 0 radical (unpaired) electrons. The highest BCUT2D eigenvalue weighted by Gasteiger charge is 2.17. The molecule has 0 atom stereocenters. The number of methoxy groups -OCH3 is 1. The van der Waals surface area contributed by atoms with E-state index in [0.29, 0.717) is 22.9 Å². The lowest BCUT2D eigenvalue weighted by Crippen LogP contribution is -2.14. The highest BCUT2D eigenvalue weighted by Crippen LogP contribution is 2.31. The first-order valence-electron chi connectivity index (χ1n) is 8.62. The number of hydrogen-bond acceptors (Lipinski definition) is 6. The number of benzene rings is 3. The molecule has 0 amide bonds. The van der Waals surface area contributed by atoms with Gasteiger partial charge in [0.25, 0.3) is 10.0 Å². The number of ether oxygens (including phenoxy) is 3. The third-order valence-electron chi connectivity index (χ3n) is 3.82. The van der Waals surface area contributed by atoms with Crippen LogP contribution >= 0.6 is 0 Å². The maximum Gasteiger partial charge on any atom is 0.343 e. The molecular weight excluding hydrogens is 394 g/mol. The van der Waals surface area contributed by atoms with Crippen molar-refractivity contribution in [2.45, 2.75) is 4.90 Å². The largest absolute Gasteiger partial charge is 0.482 e. The van der Waals surface area contributed by atoms with Crippen molar-refractivity contribution in [2.24, 2.45) is 0 Å². The van der Waals surface area contributed by atoms with E-state index in [0.717, 1.165) is 0 Å². The Morgan fingerprint density at radius 3 is 2.21 bits per heavy atom. The average Bonchev–Trinajstić information content (AvgIpc) is 2.74. The van der Waals surface area contributed by atoms with E-state index in [4.69, 9.17) is 9.47 Å². The van der Waals surface area contributed by atoms with Gasteiger partial charge in [-0.3, -0.25) is 4.72 Å². The lowest BCUT2D eigenvalue weighted by molar-refractivity contribution is -0.142. The van der Waals surface area contributed by atoms with Crippen molar-refractivity contribution in [2.75, 3.05) is 18.4 Å². The third-order valence-corrected chi connectivity index (χ3v) is 5.20. The van der Waals surface area contributed by atoms with Gasteiger partial charge in [0.15, 0.2) is 12.4 Å². The summed E-state index contributed by atoms with van der Waals surface area (Å²) in [7, 11) is -2.60. The number of hydrogen-bond donors (Lipinski definition) is 1. The summed E-state index contributed by atoms with van der Waals surface area (Å²) < 4.78 is 43.5. The van der Waals surface area contributed by atoms with Crippen molar-refractivity contribution in [3.8, 4) is 17.2 Å². The van der Waals surface area contributed by atoms with Crippen LogP contribution in [0.15, 0.2) is 83.8 Å². The van der Waals surface area contributed by atoms with E-state index in [9.17, 15) is 13.2 Å². The first-order valence-corrected chi connectivity index (χ1v) is 10.1. The Bertz CT molecular complexity index is 1070. The van der Waals surface area contributed by atoms with E-state index >= 15 is 0 Å².